The summed E-state index contributed by atoms with van der Waals surface area (Å²) in [5.41, 5.74) is 5.19. The molecule has 0 spiro atoms. The van der Waals surface area contributed by atoms with E-state index in [0.29, 0.717) is 25.1 Å². The molecule has 0 fully saturated rings. The fourth-order valence-electron chi connectivity index (χ4n) is 1.65. The van der Waals surface area contributed by atoms with Crippen molar-refractivity contribution in [3.63, 3.8) is 0 Å². The van der Waals surface area contributed by atoms with Gasteiger partial charge in [-0.25, -0.2) is 0 Å². The van der Waals surface area contributed by atoms with Gasteiger partial charge < -0.3 is 10.8 Å². The monoisotopic (exact) mass is 280 g/mol. The van der Waals surface area contributed by atoms with Crippen LogP contribution in [-0.2, 0) is 4.79 Å². The van der Waals surface area contributed by atoms with Gasteiger partial charge >= 0.3 is 5.97 Å². The first-order chi connectivity index (χ1) is 9.43. The predicted molar refractivity (Wildman–Crippen MR) is 73.5 cm³/mol. The third kappa shape index (κ3) is 4.30. The standard InChI is InChI=1S/C12H16N4O4/c13-11-8(5-6-9(12(11)14)16(19)20)15-7-3-1-2-4-10(17)18/h5-6,13H,1-4,7,14H2,(H,17,18). The lowest BCUT2D eigenvalue weighted by Crippen LogP contribution is -2.26. The molecule has 0 saturated heterocycles. The Kier molecular flexibility index (Phi) is 5.57. The molecular formula is C12H16N4O4. The minimum absolute atomic E-state index is 0.133. The number of unbranched alkanes of at least 4 members (excludes halogenated alkanes) is 2. The van der Waals surface area contributed by atoms with Gasteiger partial charge in [0.1, 0.15) is 11.4 Å². The third-order valence-corrected chi connectivity index (χ3v) is 2.73. The molecule has 0 aromatic rings. The van der Waals surface area contributed by atoms with Crippen LogP contribution in [0.4, 0.5) is 0 Å². The Hall–Kier alpha value is -2.51. The number of allylic oxidation sites excluding steroid dienone is 3. The maximum absolute atomic E-state index is 10.6. The molecule has 0 radical (unpaired) electrons. The zero-order valence-corrected chi connectivity index (χ0v) is 10.8. The molecule has 8 heteroatoms. The van der Waals surface area contributed by atoms with Crippen LogP contribution in [0.15, 0.2) is 28.5 Å². The first-order valence-electron chi connectivity index (χ1n) is 6.11. The van der Waals surface area contributed by atoms with Gasteiger partial charge in [-0.2, -0.15) is 0 Å². The van der Waals surface area contributed by atoms with Crippen molar-refractivity contribution in [1.29, 1.82) is 5.41 Å². The number of hydrogen-bond acceptors (Lipinski definition) is 6. The van der Waals surface area contributed by atoms with Gasteiger partial charge in [0.05, 0.1) is 10.6 Å². The first kappa shape index (κ1) is 15.5. The van der Waals surface area contributed by atoms with Crippen molar-refractivity contribution >= 4 is 17.4 Å². The van der Waals surface area contributed by atoms with Crippen LogP contribution in [0.5, 0.6) is 0 Å². The molecule has 0 heterocycles. The summed E-state index contributed by atoms with van der Waals surface area (Å²) < 4.78 is 0. The molecule has 0 aliphatic heterocycles. The molecule has 0 atom stereocenters. The summed E-state index contributed by atoms with van der Waals surface area (Å²) in [6.45, 7) is 0.433. The van der Waals surface area contributed by atoms with Crippen LogP contribution in [0.2, 0.25) is 0 Å². The number of nitrogens with two attached hydrogens (primary N) is 1. The maximum atomic E-state index is 10.6. The summed E-state index contributed by atoms with van der Waals surface area (Å²) in [7, 11) is 0. The molecule has 108 valence electrons. The van der Waals surface area contributed by atoms with Crippen LogP contribution in [-0.4, -0.2) is 34.0 Å². The number of nitrogens with zero attached hydrogens (tertiary/aromatic N) is 2. The second-order valence-electron chi connectivity index (χ2n) is 4.24. The van der Waals surface area contributed by atoms with E-state index >= 15 is 0 Å². The van der Waals surface area contributed by atoms with Gasteiger partial charge in [-0.1, -0.05) is 6.42 Å². The number of aliphatic carboxylic acids is 1. The quantitative estimate of drug-likeness (QED) is 0.277. The summed E-state index contributed by atoms with van der Waals surface area (Å²) in [6, 6.07) is 0. The van der Waals surface area contributed by atoms with Gasteiger partial charge in [0.25, 0.3) is 5.70 Å². The summed E-state index contributed by atoms with van der Waals surface area (Å²) in [5.74, 6) is -0.821. The highest BCUT2D eigenvalue weighted by Gasteiger charge is 2.23. The number of nitrogens with one attached hydrogen (secondary N) is 1. The van der Waals surface area contributed by atoms with Gasteiger partial charge in [-0.05, 0) is 18.9 Å². The summed E-state index contributed by atoms with van der Waals surface area (Å²) in [5, 5.41) is 26.8. The zero-order valence-electron chi connectivity index (χ0n) is 10.8. The van der Waals surface area contributed by atoms with Crippen molar-refractivity contribution in [3.05, 3.63) is 33.7 Å². The van der Waals surface area contributed by atoms with E-state index in [9.17, 15) is 14.9 Å². The van der Waals surface area contributed by atoms with Gasteiger partial charge in [0, 0.05) is 19.0 Å². The average Bonchev–Trinajstić information content (AvgIpc) is 2.37. The lowest BCUT2D eigenvalue weighted by atomic mass is 10.0. The normalized spacial score (nSPS) is 16.8. The van der Waals surface area contributed by atoms with Crippen molar-refractivity contribution in [1.82, 2.24) is 0 Å². The largest absolute Gasteiger partial charge is 0.481 e. The van der Waals surface area contributed by atoms with E-state index in [1.807, 2.05) is 0 Å². The van der Waals surface area contributed by atoms with Gasteiger partial charge in [-0.3, -0.25) is 25.3 Å². The van der Waals surface area contributed by atoms with Gasteiger partial charge in [-0.15, -0.1) is 0 Å². The smallest absolute Gasteiger partial charge is 0.303 e. The topological polar surface area (TPSA) is 143 Å². The van der Waals surface area contributed by atoms with E-state index in [1.165, 1.54) is 12.2 Å². The fraction of sp³-hybridized carbons (Fsp3) is 0.417. The molecule has 1 aliphatic rings. The zero-order chi connectivity index (χ0) is 15.1. The fourth-order valence-corrected chi connectivity index (χ4v) is 1.65. The minimum Gasteiger partial charge on any atom is -0.481 e. The number of carbonyl (C=O) groups is 1. The van der Waals surface area contributed by atoms with Crippen molar-refractivity contribution in [3.8, 4) is 0 Å². The lowest BCUT2D eigenvalue weighted by molar-refractivity contribution is -0.419. The number of rotatable bonds is 7. The molecule has 8 nitrogen and oxygen atoms in total. The van der Waals surface area contributed by atoms with E-state index in [2.05, 4.69) is 4.99 Å². The molecule has 0 bridgehead atoms. The average molecular weight is 280 g/mol. The molecule has 0 amide bonds. The van der Waals surface area contributed by atoms with Crippen molar-refractivity contribution < 1.29 is 14.8 Å². The number of carboxylic acids is 1. The number of nitro groups is 1. The van der Waals surface area contributed by atoms with Gasteiger partial charge in [0.2, 0.25) is 0 Å². The van der Waals surface area contributed by atoms with Crippen LogP contribution in [0.3, 0.4) is 0 Å². The second kappa shape index (κ2) is 7.17. The molecule has 0 aromatic heterocycles. The first-order valence-corrected chi connectivity index (χ1v) is 6.11. The summed E-state index contributed by atoms with van der Waals surface area (Å²) in [4.78, 5) is 24.5. The molecular weight excluding hydrogens is 264 g/mol. The Balaban J connectivity index is 2.49. The highest BCUT2D eigenvalue weighted by Crippen LogP contribution is 2.11. The molecule has 0 saturated carbocycles. The van der Waals surface area contributed by atoms with Crippen LogP contribution < -0.4 is 5.73 Å². The molecule has 20 heavy (non-hydrogen) atoms. The van der Waals surface area contributed by atoms with E-state index in [1.54, 1.807) is 0 Å². The summed E-state index contributed by atoms with van der Waals surface area (Å²) >= 11 is 0. The molecule has 4 N–H and O–H groups in total. The van der Waals surface area contributed by atoms with E-state index in [-0.39, 0.29) is 23.5 Å². The Morgan fingerprint density at radius 1 is 1.40 bits per heavy atom. The van der Waals surface area contributed by atoms with Crippen molar-refractivity contribution in [2.24, 2.45) is 10.7 Å². The van der Waals surface area contributed by atoms with Crippen molar-refractivity contribution in [2.75, 3.05) is 6.54 Å². The van der Waals surface area contributed by atoms with Crippen LogP contribution >= 0.6 is 0 Å². The highest BCUT2D eigenvalue weighted by molar-refractivity contribution is 6.51. The molecule has 0 aromatic carbocycles. The molecule has 0 unspecified atom stereocenters. The Labute approximate surface area is 115 Å². The van der Waals surface area contributed by atoms with E-state index in [0.717, 1.165) is 6.42 Å². The molecule has 1 aliphatic carbocycles. The minimum atomic E-state index is -0.821. The second-order valence-corrected chi connectivity index (χ2v) is 4.24. The Bertz CT molecular complexity index is 520. The lowest BCUT2D eigenvalue weighted by Gasteiger charge is -2.09. The third-order valence-electron chi connectivity index (χ3n) is 2.73. The number of aliphatic imine (C=N–C) groups is 1. The summed E-state index contributed by atoms with van der Waals surface area (Å²) in [6.07, 6.45) is 4.77. The van der Waals surface area contributed by atoms with Crippen LogP contribution in [0.25, 0.3) is 0 Å². The van der Waals surface area contributed by atoms with E-state index in [4.69, 9.17) is 16.2 Å². The van der Waals surface area contributed by atoms with Crippen LogP contribution in [0.1, 0.15) is 25.7 Å². The molecule has 1 rings (SSSR count). The predicted octanol–water partition coefficient (Wildman–Crippen LogP) is 1.11. The SMILES string of the molecule is N=C1C(=NCCCCCC(=O)O)C=CC([N+](=O)[O-])=C1N. The maximum Gasteiger partial charge on any atom is 0.303 e. The highest BCUT2D eigenvalue weighted by atomic mass is 16.6. The van der Waals surface area contributed by atoms with Crippen LogP contribution in [0, 0.1) is 15.5 Å². The van der Waals surface area contributed by atoms with Gasteiger partial charge in [0.15, 0.2) is 0 Å². The number of carboxylic acid groups (broad SMARTS) is 1. The van der Waals surface area contributed by atoms with Crippen molar-refractivity contribution in [2.45, 2.75) is 25.7 Å². The Morgan fingerprint density at radius 3 is 2.70 bits per heavy atom. The number of hydrogen-bond donors (Lipinski definition) is 3. The van der Waals surface area contributed by atoms with E-state index < -0.39 is 10.9 Å². The Morgan fingerprint density at radius 2 is 2.10 bits per heavy atom.